The molecule has 2 aliphatic rings. The normalized spacial score (nSPS) is 15.4. The average molecular weight is 289 g/mol. The monoisotopic (exact) mass is 288 g/mol. The van der Waals surface area contributed by atoms with Crippen LogP contribution in [0.5, 0.6) is 0 Å². The van der Waals surface area contributed by atoms with Crippen LogP contribution in [0.15, 0.2) is 0 Å². The van der Waals surface area contributed by atoms with Gasteiger partial charge in [-0.15, -0.1) is 0 Å². The van der Waals surface area contributed by atoms with Crippen molar-refractivity contribution in [3.8, 4) is 0 Å². The summed E-state index contributed by atoms with van der Waals surface area (Å²) in [5, 5.41) is 0. The van der Waals surface area contributed by atoms with Gasteiger partial charge in [0, 0.05) is 0 Å². The highest BCUT2D eigenvalue weighted by Crippen LogP contribution is 2.26. The number of hydrogen-bond acceptors (Lipinski definition) is 0. The van der Waals surface area contributed by atoms with E-state index in [1.165, 1.54) is 64.2 Å². The maximum Gasteiger partial charge on any atom is -0.0417 e. The summed E-state index contributed by atoms with van der Waals surface area (Å²) in [6.45, 7) is 18.3. The van der Waals surface area contributed by atoms with Crippen LogP contribution in [-0.2, 0) is 0 Å². The van der Waals surface area contributed by atoms with Gasteiger partial charge in [-0.2, -0.15) is 0 Å². The number of hydrogen-bond donors (Lipinski definition) is 0. The van der Waals surface area contributed by atoms with Gasteiger partial charge in [0.05, 0.1) is 0 Å². The third-order valence-electron chi connectivity index (χ3n) is 3.30. The summed E-state index contributed by atoms with van der Waals surface area (Å²) < 4.78 is 0. The zero-order valence-electron chi connectivity index (χ0n) is 16.6. The van der Waals surface area contributed by atoms with E-state index in [9.17, 15) is 0 Å². The van der Waals surface area contributed by atoms with E-state index in [2.05, 4.69) is 6.92 Å². The Morgan fingerprint density at radius 2 is 0.750 bits per heavy atom. The van der Waals surface area contributed by atoms with Crippen LogP contribution in [0, 0.1) is 5.92 Å². The highest BCUT2D eigenvalue weighted by Gasteiger charge is 2.11. The Morgan fingerprint density at radius 1 is 0.500 bits per heavy atom. The van der Waals surface area contributed by atoms with Crippen molar-refractivity contribution < 1.29 is 0 Å². The zero-order chi connectivity index (χ0) is 16.6. The van der Waals surface area contributed by atoms with E-state index in [0.717, 1.165) is 5.92 Å². The topological polar surface area (TPSA) is 0 Å². The zero-order valence-corrected chi connectivity index (χ0v) is 16.6. The Morgan fingerprint density at radius 3 is 0.900 bits per heavy atom. The first-order chi connectivity index (χ1) is 9.93. The van der Waals surface area contributed by atoms with E-state index in [1.807, 2.05) is 55.4 Å². The molecule has 0 aromatic rings. The van der Waals surface area contributed by atoms with Crippen molar-refractivity contribution in [1.82, 2.24) is 0 Å². The van der Waals surface area contributed by atoms with Gasteiger partial charge in [0.1, 0.15) is 0 Å². The molecule has 0 saturated heterocycles. The van der Waals surface area contributed by atoms with E-state index in [0.29, 0.717) is 0 Å². The van der Waals surface area contributed by atoms with Crippen molar-refractivity contribution in [3.63, 3.8) is 0 Å². The molecule has 0 radical (unpaired) electrons. The molecule has 0 atom stereocenters. The molecule has 20 heavy (non-hydrogen) atoms. The Balaban J connectivity index is -0.0000000875. The molecular weight excluding hydrogens is 240 g/mol. The number of rotatable bonds is 1. The molecule has 0 aliphatic heterocycles. The summed E-state index contributed by atoms with van der Waals surface area (Å²) in [7, 11) is 0. The second kappa shape index (κ2) is 36.4. The second-order valence-corrected chi connectivity index (χ2v) is 4.33. The standard InChI is InChI=1S/C7H14.C5H10.4C2H6/c1-2-7-5-3-4-6-7;1-2-4-5-3-1;4*1-2/h7H,2-6H2,1H3;1-5H2;4*1-2H3. The van der Waals surface area contributed by atoms with Gasteiger partial charge in [0.15, 0.2) is 0 Å². The maximum atomic E-state index is 2.30. The van der Waals surface area contributed by atoms with Crippen molar-refractivity contribution in [2.45, 2.75) is 127 Å². The summed E-state index contributed by atoms with van der Waals surface area (Å²) in [5.41, 5.74) is 0. The first kappa shape index (κ1) is 28.2. The predicted octanol–water partition coefficient (Wildman–Crippen LogP) is 8.64. The highest BCUT2D eigenvalue weighted by molar-refractivity contribution is 4.64. The van der Waals surface area contributed by atoms with Gasteiger partial charge in [-0.05, 0) is 5.92 Å². The minimum Gasteiger partial charge on any atom is -0.0683 e. The lowest BCUT2D eigenvalue weighted by molar-refractivity contribution is 0.531. The van der Waals surface area contributed by atoms with Crippen LogP contribution in [0.4, 0.5) is 0 Å². The van der Waals surface area contributed by atoms with Crippen LogP contribution in [0.2, 0.25) is 0 Å². The first-order valence-electron chi connectivity index (χ1n) is 9.93. The molecule has 0 aromatic carbocycles. The van der Waals surface area contributed by atoms with Gasteiger partial charge >= 0.3 is 0 Å². The molecule has 2 saturated carbocycles. The maximum absolute atomic E-state index is 2.30. The Kier molecular flexibility index (Phi) is 51.4. The minimum atomic E-state index is 1.10. The van der Waals surface area contributed by atoms with Gasteiger partial charge in [-0.1, -0.05) is 127 Å². The highest BCUT2D eigenvalue weighted by atomic mass is 14.2. The first-order valence-corrected chi connectivity index (χ1v) is 9.93. The van der Waals surface area contributed by atoms with Gasteiger partial charge in [-0.25, -0.2) is 0 Å². The third-order valence-corrected chi connectivity index (χ3v) is 3.30. The summed E-state index contributed by atoms with van der Waals surface area (Å²) in [6, 6.07) is 0. The Bertz CT molecular complexity index is 78.6. The van der Waals surface area contributed by atoms with E-state index < -0.39 is 0 Å². The quantitative estimate of drug-likeness (QED) is 0.453. The molecule has 0 amide bonds. The van der Waals surface area contributed by atoms with Crippen LogP contribution in [0.1, 0.15) is 127 Å². The largest absolute Gasteiger partial charge is 0.0683 e. The van der Waals surface area contributed by atoms with Gasteiger partial charge in [-0.3, -0.25) is 0 Å². The summed E-state index contributed by atoms with van der Waals surface area (Å²) in [4.78, 5) is 0. The Hall–Kier alpha value is 0. The molecule has 0 aromatic heterocycles. The molecule has 0 N–H and O–H groups in total. The molecule has 0 spiro atoms. The fraction of sp³-hybridized carbons (Fsp3) is 1.00. The van der Waals surface area contributed by atoms with Crippen molar-refractivity contribution in [2.75, 3.05) is 0 Å². The minimum absolute atomic E-state index is 1.10. The summed E-state index contributed by atoms with van der Waals surface area (Å²) in [5.74, 6) is 1.10. The van der Waals surface area contributed by atoms with Crippen molar-refractivity contribution in [1.29, 1.82) is 0 Å². The summed E-state index contributed by atoms with van der Waals surface area (Å²) >= 11 is 0. The molecule has 0 unspecified atom stereocenters. The van der Waals surface area contributed by atoms with Gasteiger partial charge in [0.25, 0.3) is 0 Å². The third kappa shape index (κ3) is 26.5. The van der Waals surface area contributed by atoms with E-state index in [-0.39, 0.29) is 0 Å². The molecule has 0 nitrogen and oxygen atoms in total. The lowest BCUT2D eigenvalue weighted by atomic mass is 10.1. The molecule has 2 aliphatic carbocycles. The second-order valence-electron chi connectivity index (χ2n) is 4.33. The van der Waals surface area contributed by atoms with E-state index in [1.54, 1.807) is 0 Å². The fourth-order valence-electron chi connectivity index (χ4n) is 2.30. The molecular formula is C20H48. The van der Waals surface area contributed by atoms with Crippen molar-refractivity contribution >= 4 is 0 Å². The molecule has 0 bridgehead atoms. The van der Waals surface area contributed by atoms with Gasteiger partial charge in [0.2, 0.25) is 0 Å². The van der Waals surface area contributed by atoms with E-state index >= 15 is 0 Å². The smallest absolute Gasteiger partial charge is 0.0417 e. The van der Waals surface area contributed by atoms with Crippen molar-refractivity contribution in [3.05, 3.63) is 0 Å². The fourth-order valence-corrected chi connectivity index (χ4v) is 2.30. The predicted molar refractivity (Wildman–Crippen MR) is 101 cm³/mol. The summed E-state index contributed by atoms with van der Waals surface area (Å²) in [6.07, 6.45) is 14.9. The van der Waals surface area contributed by atoms with Crippen LogP contribution in [0.25, 0.3) is 0 Å². The molecule has 2 rings (SSSR count). The van der Waals surface area contributed by atoms with Crippen LogP contribution in [-0.4, -0.2) is 0 Å². The van der Waals surface area contributed by atoms with Crippen molar-refractivity contribution in [2.24, 2.45) is 5.92 Å². The molecule has 2 fully saturated rings. The van der Waals surface area contributed by atoms with Gasteiger partial charge < -0.3 is 0 Å². The molecule has 128 valence electrons. The van der Waals surface area contributed by atoms with Crippen LogP contribution < -0.4 is 0 Å². The average Bonchev–Trinajstić information content (AvgIpc) is 3.31. The molecule has 0 heteroatoms. The van der Waals surface area contributed by atoms with Crippen LogP contribution in [0.3, 0.4) is 0 Å². The van der Waals surface area contributed by atoms with Crippen LogP contribution >= 0.6 is 0 Å². The SMILES string of the molecule is C1CCCC1.CC.CC.CC.CC.CCC1CCCC1. The lowest BCUT2D eigenvalue weighted by Crippen LogP contribution is -1.86. The van der Waals surface area contributed by atoms with E-state index in [4.69, 9.17) is 0 Å². The lowest BCUT2D eigenvalue weighted by Gasteiger charge is -1.99. The molecule has 0 heterocycles. The Labute approximate surface area is 133 Å².